The number of ether oxygens (including phenoxy) is 2. The molecular weight excluding hydrogens is 604 g/mol. The fraction of sp³-hybridized carbons (Fsp3) is 0.343. The molecule has 0 unspecified atom stereocenters. The minimum Gasteiger partial charge on any atom is -0.497 e. The van der Waals surface area contributed by atoms with Gasteiger partial charge >= 0.3 is 6.08 Å². The molecule has 0 radical (unpaired) electrons. The zero-order valence-corrected chi connectivity index (χ0v) is 27.9. The van der Waals surface area contributed by atoms with Crippen LogP contribution in [-0.2, 0) is 14.7 Å². The van der Waals surface area contributed by atoms with Crippen LogP contribution in [0, 0.1) is 6.08 Å². The van der Waals surface area contributed by atoms with Gasteiger partial charge in [0.15, 0.2) is 37.7 Å². The highest BCUT2D eigenvalue weighted by Gasteiger charge is 2.47. The number of alkyl halides is 1. The molecule has 3 atom stereocenters. The van der Waals surface area contributed by atoms with Crippen LogP contribution in [0.25, 0.3) is 11.2 Å². The van der Waals surface area contributed by atoms with Gasteiger partial charge in [0.2, 0.25) is 0 Å². The number of anilines is 1. The Bertz CT molecular complexity index is 1760. The number of halogens is 2. The van der Waals surface area contributed by atoms with Gasteiger partial charge in [-0.25, -0.2) is 9.37 Å². The molecule has 0 aliphatic carbocycles. The molecule has 1 N–H and O–H groups in total. The van der Waals surface area contributed by atoms with E-state index in [0.717, 1.165) is 16.7 Å². The quantitative estimate of drug-likeness (QED) is 0.100. The van der Waals surface area contributed by atoms with E-state index in [1.165, 1.54) is 10.9 Å². The van der Waals surface area contributed by atoms with Gasteiger partial charge in [-0.05, 0) is 47.0 Å². The molecule has 2 aromatic heterocycles. The van der Waals surface area contributed by atoms with E-state index in [2.05, 4.69) is 54.1 Å². The Morgan fingerprint density at radius 3 is 2.04 bits per heavy atom. The molecule has 5 aromatic rings. The molecule has 0 spiro atoms. The normalized spacial score (nSPS) is 19.0. The van der Waals surface area contributed by atoms with Crippen molar-refractivity contribution in [3.63, 3.8) is 0 Å². The third kappa shape index (κ3) is 5.67. The number of methoxy groups -OCH3 is 1. The molecule has 240 valence electrons. The highest BCUT2D eigenvalue weighted by molar-refractivity contribution is 6.74. The van der Waals surface area contributed by atoms with E-state index < -0.39 is 38.4 Å². The number of fused-ring (bicyclic) bond motifs is 1. The summed E-state index contributed by atoms with van der Waals surface area (Å²) in [6, 6.07) is 27.4. The number of imidazole rings is 1. The maximum Gasteiger partial charge on any atom is 0.312 e. The second kappa shape index (κ2) is 12.2. The molecular formula is C35H39F2N5O3Si. The average Bonchev–Trinajstić information content (AvgIpc) is 3.62. The van der Waals surface area contributed by atoms with Gasteiger partial charge in [-0.3, -0.25) is 4.57 Å². The lowest BCUT2D eigenvalue weighted by molar-refractivity contribution is 0.0237. The van der Waals surface area contributed by atoms with E-state index in [1.807, 2.05) is 84.9 Å². The number of hydrogen-bond acceptors (Lipinski definition) is 7. The first kappa shape index (κ1) is 31.8. The zero-order valence-electron chi connectivity index (χ0n) is 26.9. The van der Waals surface area contributed by atoms with Gasteiger partial charge in [-0.2, -0.15) is 14.4 Å². The van der Waals surface area contributed by atoms with Crippen molar-refractivity contribution in [3.05, 3.63) is 114 Å². The summed E-state index contributed by atoms with van der Waals surface area (Å²) in [7, 11) is -0.661. The Hall–Kier alpha value is -4.19. The van der Waals surface area contributed by atoms with Gasteiger partial charge in [0.05, 0.1) is 20.0 Å². The van der Waals surface area contributed by atoms with Crippen molar-refractivity contribution in [3.8, 4) is 5.75 Å². The minimum atomic E-state index is -2.28. The topological polar surface area (TPSA) is 83.3 Å². The van der Waals surface area contributed by atoms with Crippen LogP contribution in [0.1, 0.15) is 43.7 Å². The van der Waals surface area contributed by atoms with E-state index in [0.29, 0.717) is 5.75 Å². The Labute approximate surface area is 268 Å². The summed E-state index contributed by atoms with van der Waals surface area (Å²) in [5.41, 5.74) is 1.96. The van der Waals surface area contributed by atoms with Gasteiger partial charge in [-0.1, -0.05) is 93.6 Å². The van der Waals surface area contributed by atoms with E-state index in [-0.39, 0.29) is 28.6 Å². The molecule has 0 saturated carbocycles. The van der Waals surface area contributed by atoms with Gasteiger partial charge in [0, 0.05) is 0 Å². The number of benzene rings is 3. The van der Waals surface area contributed by atoms with Gasteiger partial charge in [-0.15, -0.1) is 0 Å². The van der Waals surface area contributed by atoms with Crippen LogP contribution in [0.2, 0.25) is 18.1 Å². The second-order valence-electron chi connectivity index (χ2n) is 13.1. The van der Waals surface area contributed by atoms with Crippen LogP contribution < -0.4 is 10.1 Å². The van der Waals surface area contributed by atoms with Crippen molar-refractivity contribution in [2.45, 2.75) is 62.9 Å². The molecule has 8 nitrogen and oxygen atoms in total. The highest BCUT2D eigenvalue weighted by Crippen LogP contribution is 2.43. The number of aromatic nitrogens is 4. The highest BCUT2D eigenvalue weighted by atomic mass is 28.4. The molecule has 1 fully saturated rings. The number of rotatable bonds is 9. The molecule has 1 aliphatic heterocycles. The van der Waals surface area contributed by atoms with Crippen molar-refractivity contribution in [1.29, 1.82) is 0 Å². The monoisotopic (exact) mass is 643 g/mol. The first-order valence-electron chi connectivity index (χ1n) is 15.3. The van der Waals surface area contributed by atoms with Gasteiger partial charge in [0.1, 0.15) is 17.4 Å². The van der Waals surface area contributed by atoms with Crippen LogP contribution in [-0.4, -0.2) is 53.8 Å². The summed E-state index contributed by atoms with van der Waals surface area (Å²) in [5.74, 6) is 0.841. The molecule has 6 rings (SSSR count). The summed E-state index contributed by atoms with van der Waals surface area (Å²) < 4.78 is 50.6. The van der Waals surface area contributed by atoms with Crippen molar-refractivity contribution in [2.24, 2.45) is 0 Å². The van der Waals surface area contributed by atoms with E-state index >= 15 is 8.78 Å². The van der Waals surface area contributed by atoms with Crippen molar-refractivity contribution in [1.82, 2.24) is 19.5 Å². The summed E-state index contributed by atoms with van der Waals surface area (Å²) in [6.07, 6.45) is -2.91. The molecule has 3 aromatic carbocycles. The first-order valence-corrected chi connectivity index (χ1v) is 18.2. The molecule has 0 bridgehead atoms. The summed E-state index contributed by atoms with van der Waals surface area (Å²) in [6.45, 7) is 10.5. The Balaban J connectivity index is 1.46. The lowest BCUT2D eigenvalue weighted by Gasteiger charge is -2.38. The van der Waals surface area contributed by atoms with Crippen LogP contribution in [0.3, 0.4) is 0 Å². The number of nitrogens with one attached hydrogen (secondary N) is 1. The summed E-state index contributed by atoms with van der Waals surface area (Å²) >= 11 is 0. The number of hydrogen-bond donors (Lipinski definition) is 1. The average molecular weight is 644 g/mol. The molecule has 1 aliphatic rings. The number of nitrogens with zero attached hydrogens (tertiary/aromatic N) is 4. The maximum absolute atomic E-state index is 16.0. The Kier molecular flexibility index (Phi) is 8.43. The summed E-state index contributed by atoms with van der Waals surface area (Å²) in [5, 5.41) is 3.47. The maximum atomic E-state index is 16.0. The fourth-order valence-electron chi connectivity index (χ4n) is 5.72. The van der Waals surface area contributed by atoms with Crippen LogP contribution in [0.4, 0.5) is 14.6 Å². The van der Waals surface area contributed by atoms with Crippen LogP contribution >= 0.6 is 0 Å². The van der Waals surface area contributed by atoms with Crippen molar-refractivity contribution in [2.75, 3.05) is 19.0 Å². The summed E-state index contributed by atoms with van der Waals surface area (Å²) in [4.78, 5) is 12.9. The second-order valence-corrected chi connectivity index (χ2v) is 17.8. The third-order valence-electron chi connectivity index (χ3n) is 9.22. The zero-order chi connectivity index (χ0) is 32.7. The van der Waals surface area contributed by atoms with Crippen LogP contribution in [0.15, 0.2) is 91.3 Å². The molecule has 3 heterocycles. The lowest BCUT2D eigenvalue weighted by atomic mass is 9.77. The molecule has 0 amide bonds. The third-order valence-corrected chi connectivity index (χ3v) is 13.7. The Morgan fingerprint density at radius 2 is 1.48 bits per heavy atom. The Morgan fingerprint density at radius 1 is 0.891 bits per heavy atom. The first-order chi connectivity index (χ1) is 21.9. The van der Waals surface area contributed by atoms with E-state index in [4.69, 9.17) is 13.9 Å². The fourth-order valence-corrected chi connectivity index (χ4v) is 7.03. The van der Waals surface area contributed by atoms with E-state index in [9.17, 15) is 0 Å². The van der Waals surface area contributed by atoms with Crippen molar-refractivity contribution < 1.29 is 22.7 Å². The predicted octanol–water partition coefficient (Wildman–Crippen LogP) is 7.64. The molecule has 46 heavy (non-hydrogen) atoms. The smallest absolute Gasteiger partial charge is 0.312 e. The standard InChI is InChI=1S/C35H39F2N5O3Si/c1-34(2,3)46(5,6)45-27-21-44-32(28(27)36)42-22-38-29-30(39-33(37)40-31(29)42)41-35(23-13-9-7-10-14-23,24-15-11-8-12-16-24)25-17-19-26(43-4)20-18-25/h7-20,22,27-28,32H,21H2,1-6H3,(H,39,40,41)/t27-,28+,32-/m1/s1. The van der Waals surface area contributed by atoms with Crippen molar-refractivity contribution >= 4 is 25.3 Å². The molecule has 1 saturated heterocycles. The lowest BCUT2D eigenvalue weighted by Crippen LogP contribution is -2.46. The van der Waals surface area contributed by atoms with Crippen LogP contribution in [0.5, 0.6) is 5.75 Å². The van der Waals surface area contributed by atoms with Gasteiger partial charge in [0.25, 0.3) is 0 Å². The van der Waals surface area contributed by atoms with Gasteiger partial charge < -0.3 is 19.2 Å². The SMILES string of the molecule is COc1ccc(C(Nc2nc(F)nc3c2ncn3[C@@H]2OC[C@@H](O[Si](C)(C)C(C)(C)C)[C@@H]2F)(c2ccccc2)c2ccccc2)cc1. The predicted molar refractivity (Wildman–Crippen MR) is 177 cm³/mol. The minimum absolute atomic E-state index is 0.0687. The molecule has 11 heteroatoms. The van der Waals surface area contributed by atoms with E-state index in [1.54, 1.807) is 7.11 Å². The largest absolute Gasteiger partial charge is 0.497 e.